The average Bonchev–Trinajstić information content (AvgIpc) is 2.04. The minimum Gasteiger partial charge on any atom is -0.383 e. The number of allylic oxidation sites excluding steroid dienone is 3. The number of hydrogen-bond donors (Lipinski definition) is 0. The zero-order chi connectivity index (χ0) is 9.28. The first-order valence-electron chi connectivity index (χ1n) is 4.14. The van der Waals surface area contributed by atoms with Crippen molar-refractivity contribution in [3.63, 3.8) is 0 Å². The highest BCUT2D eigenvalue weighted by Gasteiger charge is 1.76. The highest BCUT2D eigenvalue weighted by molar-refractivity contribution is 5.13. The van der Waals surface area contributed by atoms with Crippen molar-refractivity contribution in [3.8, 4) is 0 Å². The molecule has 0 aliphatic carbocycles. The summed E-state index contributed by atoms with van der Waals surface area (Å²) in [7, 11) is 4.03. The quantitative estimate of drug-likeness (QED) is 0.554. The Labute approximate surface area is 71.4 Å². The molecule has 0 amide bonds. The van der Waals surface area contributed by atoms with Gasteiger partial charge in [0.25, 0.3) is 0 Å². The van der Waals surface area contributed by atoms with Crippen molar-refractivity contribution in [2.75, 3.05) is 14.1 Å². The van der Waals surface area contributed by atoms with Gasteiger partial charge in [-0.05, 0) is 26.1 Å². The minimum atomic E-state index is 1.30. The van der Waals surface area contributed by atoms with Crippen LogP contribution in [0.4, 0.5) is 0 Å². The summed E-state index contributed by atoms with van der Waals surface area (Å²) in [6, 6.07) is 0. The molecule has 0 aromatic carbocycles. The summed E-state index contributed by atoms with van der Waals surface area (Å²) in [5, 5.41) is 0. The Hall–Kier alpha value is -0.720. The van der Waals surface area contributed by atoms with E-state index in [9.17, 15) is 0 Å². The van der Waals surface area contributed by atoms with Gasteiger partial charge in [0.15, 0.2) is 0 Å². The summed E-state index contributed by atoms with van der Waals surface area (Å²) in [4.78, 5) is 2.02. The third-order valence-electron chi connectivity index (χ3n) is 1.09. The first kappa shape index (κ1) is 12.9. The van der Waals surface area contributed by atoms with E-state index in [0.29, 0.717) is 0 Å². The van der Waals surface area contributed by atoms with E-state index in [1.54, 1.807) is 0 Å². The molecule has 1 nitrogen and oxygen atoms in total. The van der Waals surface area contributed by atoms with E-state index < -0.39 is 0 Å². The molecule has 1 heteroatoms. The standard InChI is InChI=1S/C8H15N.C2H6/c1-5-8(2)6-7-9(3)4;1-2/h5-7H,1-4H3;1-2H3/b7-6-,8-5-;. The molecule has 0 radical (unpaired) electrons. The molecule has 0 unspecified atom stereocenters. The van der Waals surface area contributed by atoms with Gasteiger partial charge < -0.3 is 4.90 Å². The second-order valence-electron chi connectivity index (χ2n) is 2.31. The second kappa shape index (κ2) is 9.28. The Bertz CT molecular complexity index is 121. The van der Waals surface area contributed by atoms with Gasteiger partial charge in [-0.15, -0.1) is 0 Å². The Balaban J connectivity index is 0. The molecule has 0 aromatic heterocycles. The number of nitrogens with zero attached hydrogens (tertiary/aromatic N) is 1. The molecule has 0 aliphatic heterocycles. The molecule has 0 spiro atoms. The van der Waals surface area contributed by atoms with Crippen LogP contribution in [0.15, 0.2) is 23.9 Å². The van der Waals surface area contributed by atoms with Crippen LogP contribution in [0.2, 0.25) is 0 Å². The Morgan fingerprint density at radius 1 is 1.18 bits per heavy atom. The maximum absolute atomic E-state index is 2.08. The Kier molecular flexibility index (Phi) is 10.9. The van der Waals surface area contributed by atoms with Crippen LogP contribution < -0.4 is 0 Å². The van der Waals surface area contributed by atoms with Crippen molar-refractivity contribution in [1.82, 2.24) is 4.90 Å². The SMILES string of the molecule is C/C=C(C)\C=C/N(C)C.CC. The molecule has 0 saturated carbocycles. The summed E-state index contributed by atoms with van der Waals surface area (Å²) in [5.41, 5.74) is 1.30. The largest absolute Gasteiger partial charge is 0.383 e. The molecule has 0 atom stereocenters. The van der Waals surface area contributed by atoms with E-state index in [1.807, 2.05) is 46.0 Å². The maximum atomic E-state index is 2.08. The summed E-state index contributed by atoms with van der Waals surface area (Å²) in [6.07, 6.45) is 6.20. The van der Waals surface area contributed by atoms with Crippen molar-refractivity contribution >= 4 is 0 Å². The molecular formula is C10H21N. The van der Waals surface area contributed by atoms with E-state index in [4.69, 9.17) is 0 Å². The smallest absolute Gasteiger partial charge is 0.00556 e. The Morgan fingerprint density at radius 2 is 1.64 bits per heavy atom. The van der Waals surface area contributed by atoms with Gasteiger partial charge in [0.1, 0.15) is 0 Å². The summed E-state index contributed by atoms with van der Waals surface area (Å²) >= 11 is 0. The molecule has 0 fully saturated rings. The van der Waals surface area contributed by atoms with Crippen LogP contribution in [0.5, 0.6) is 0 Å². The minimum absolute atomic E-state index is 1.30. The van der Waals surface area contributed by atoms with Crippen molar-refractivity contribution in [3.05, 3.63) is 23.9 Å². The van der Waals surface area contributed by atoms with Gasteiger partial charge in [-0.2, -0.15) is 0 Å². The lowest BCUT2D eigenvalue weighted by Gasteiger charge is -2.02. The number of rotatable bonds is 2. The molecule has 0 bridgehead atoms. The highest BCUT2D eigenvalue weighted by atomic mass is 15.0. The van der Waals surface area contributed by atoms with Crippen LogP contribution in [0.3, 0.4) is 0 Å². The highest BCUT2D eigenvalue weighted by Crippen LogP contribution is 1.93. The van der Waals surface area contributed by atoms with Crippen LogP contribution in [0, 0.1) is 0 Å². The van der Waals surface area contributed by atoms with Gasteiger partial charge in [-0.3, -0.25) is 0 Å². The number of hydrogen-bond acceptors (Lipinski definition) is 1. The third-order valence-corrected chi connectivity index (χ3v) is 1.09. The van der Waals surface area contributed by atoms with Gasteiger partial charge >= 0.3 is 0 Å². The zero-order valence-corrected chi connectivity index (χ0v) is 8.68. The second-order valence-corrected chi connectivity index (χ2v) is 2.31. The lowest BCUT2D eigenvalue weighted by atomic mass is 10.3. The fourth-order valence-electron chi connectivity index (χ4n) is 0.363. The van der Waals surface area contributed by atoms with Crippen molar-refractivity contribution < 1.29 is 0 Å². The van der Waals surface area contributed by atoms with Crippen molar-refractivity contribution in [1.29, 1.82) is 0 Å². The average molecular weight is 155 g/mol. The summed E-state index contributed by atoms with van der Waals surface area (Å²) in [5.74, 6) is 0. The molecule has 0 rings (SSSR count). The lowest BCUT2D eigenvalue weighted by Crippen LogP contribution is -1.99. The molecule has 0 aromatic rings. The maximum Gasteiger partial charge on any atom is 0.00556 e. The lowest BCUT2D eigenvalue weighted by molar-refractivity contribution is 0.563. The Morgan fingerprint density at radius 3 is 1.91 bits per heavy atom. The van der Waals surface area contributed by atoms with Gasteiger partial charge in [-0.25, -0.2) is 0 Å². The first-order valence-corrected chi connectivity index (χ1v) is 4.14. The van der Waals surface area contributed by atoms with Crippen LogP contribution >= 0.6 is 0 Å². The van der Waals surface area contributed by atoms with E-state index in [0.717, 1.165) is 0 Å². The fraction of sp³-hybridized carbons (Fsp3) is 0.600. The fourth-order valence-corrected chi connectivity index (χ4v) is 0.363. The first-order chi connectivity index (χ1) is 5.16. The molecule has 0 aliphatic rings. The van der Waals surface area contributed by atoms with E-state index in [1.165, 1.54) is 5.57 Å². The predicted octanol–water partition coefficient (Wildman–Crippen LogP) is 3.05. The van der Waals surface area contributed by atoms with Crippen LogP contribution in [-0.4, -0.2) is 19.0 Å². The molecule has 66 valence electrons. The monoisotopic (exact) mass is 155 g/mol. The van der Waals surface area contributed by atoms with Crippen LogP contribution in [0.25, 0.3) is 0 Å². The van der Waals surface area contributed by atoms with Crippen LogP contribution in [0.1, 0.15) is 27.7 Å². The molecular weight excluding hydrogens is 134 g/mol. The summed E-state index contributed by atoms with van der Waals surface area (Å²) in [6.45, 7) is 8.12. The molecule has 0 heterocycles. The van der Waals surface area contributed by atoms with E-state index in [2.05, 4.69) is 19.1 Å². The van der Waals surface area contributed by atoms with E-state index in [-0.39, 0.29) is 0 Å². The topological polar surface area (TPSA) is 3.24 Å². The van der Waals surface area contributed by atoms with Gasteiger partial charge in [0.2, 0.25) is 0 Å². The van der Waals surface area contributed by atoms with Gasteiger partial charge in [-0.1, -0.05) is 25.5 Å². The van der Waals surface area contributed by atoms with E-state index >= 15 is 0 Å². The van der Waals surface area contributed by atoms with Gasteiger partial charge in [0, 0.05) is 14.1 Å². The normalized spacial score (nSPS) is 10.9. The zero-order valence-electron chi connectivity index (χ0n) is 8.68. The summed E-state index contributed by atoms with van der Waals surface area (Å²) < 4.78 is 0. The predicted molar refractivity (Wildman–Crippen MR) is 53.6 cm³/mol. The van der Waals surface area contributed by atoms with Crippen molar-refractivity contribution in [2.45, 2.75) is 27.7 Å². The molecule has 11 heavy (non-hydrogen) atoms. The van der Waals surface area contributed by atoms with Gasteiger partial charge in [0.05, 0.1) is 0 Å². The third kappa shape index (κ3) is 12.5. The van der Waals surface area contributed by atoms with Crippen molar-refractivity contribution in [2.24, 2.45) is 0 Å². The molecule has 0 N–H and O–H groups in total. The molecule has 0 saturated heterocycles. The van der Waals surface area contributed by atoms with Crippen LogP contribution in [-0.2, 0) is 0 Å².